The highest BCUT2D eigenvalue weighted by Crippen LogP contribution is 2.23. The van der Waals surface area contributed by atoms with Gasteiger partial charge in [0.05, 0.1) is 19.2 Å². The van der Waals surface area contributed by atoms with Crippen molar-refractivity contribution >= 4 is 29.0 Å². The van der Waals surface area contributed by atoms with Gasteiger partial charge >= 0.3 is 0 Å². The summed E-state index contributed by atoms with van der Waals surface area (Å²) >= 11 is 5.79. The minimum absolute atomic E-state index is 0.00388. The van der Waals surface area contributed by atoms with Crippen molar-refractivity contribution in [2.24, 2.45) is 0 Å². The zero-order valence-electron chi connectivity index (χ0n) is 12.7. The molecule has 0 atom stereocenters. The number of amides is 1. The third-order valence-electron chi connectivity index (χ3n) is 3.24. The number of ether oxygens (including phenoxy) is 1. The monoisotopic (exact) mass is 335 g/mol. The van der Waals surface area contributed by atoms with Crippen LogP contribution in [0.2, 0.25) is 5.02 Å². The Bertz CT molecular complexity index is 761. The van der Waals surface area contributed by atoms with Crippen LogP contribution in [0.5, 0.6) is 5.75 Å². The smallest absolute Gasteiger partial charge is 0.229 e. The van der Waals surface area contributed by atoms with Gasteiger partial charge in [-0.1, -0.05) is 11.6 Å². The third-order valence-corrected chi connectivity index (χ3v) is 3.48. The highest BCUT2D eigenvalue weighted by atomic mass is 35.5. The first kappa shape index (κ1) is 17.0. The second kappa shape index (κ2) is 7.24. The van der Waals surface area contributed by atoms with Crippen molar-refractivity contribution in [3.05, 3.63) is 58.4 Å². The zero-order valence-corrected chi connectivity index (χ0v) is 13.4. The van der Waals surface area contributed by atoms with E-state index >= 15 is 0 Å². The van der Waals surface area contributed by atoms with Crippen LogP contribution < -0.4 is 10.1 Å². The zero-order chi connectivity index (χ0) is 17.0. The molecule has 2 aromatic carbocycles. The molecule has 0 saturated carbocycles. The van der Waals surface area contributed by atoms with Gasteiger partial charge in [0.25, 0.3) is 0 Å². The molecule has 1 N–H and O–H groups in total. The first-order valence-electron chi connectivity index (χ1n) is 6.83. The van der Waals surface area contributed by atoms with E-state index < -0.39 is 11.7 Å². The standard InChI is InChI=1S/C17H15ClFNO3/c1-10(21)11-3-6-16(23-2)12(7-11)8-17(22)20-15-9-13(18)4-5-14(15)19/h3-7,9H,8H2,1-2H3,(H,20,22). The van der Waals surface area contributed by atoms with Gasteiger partial charge in [0.1, 0.15) is 11.6 Å². The number of hydrogen-bond donors (Lipinski definition) is 1. The Morgan fingerprint density at radius 2 is 1.96 bits per heavy atom. The Morgan fingerprint density at radius 3 is 2.61 bits per heavy atom. The van der Waals surface area contributed by atoms with E-state index in [9.17, 15) is 14.0 Å². The van der Waals surface area contributed by atoms with E-state index in [4.69, 9.17) is 16.3 Å². The van der Waals surface area contributed by atoms with Crippen LogP contribution in [0.3, 0.4) is 0 Å². The molecule has 2 aromatic rings. The van der Waals surface area contributed by atoms with E-state index in [0.717, 1.165) is 0 Å². The maximum absolute atomic E-state index is 13.6. The summed E-state index contributed by atoms with van der Waals surface area (Å²) in [6, 6.07) is 8.74. The van der Waals surface area contributed by atoms with E-state index in [1.807, 2.05) is 0 Å². The van der Waals surface area contributed by atoms with Crippen molar-refractivity contribution in [3.8, 4) is 5.75 Å². The topological polar surface area (TPSA) is 55.4 Å². The Labute approximate surface area is 138 Å². The number of benzene rings is 2. The van der Waals surface area contributed by atoms with Gasteiger partial charge in [0.2, 0.25) is 5.91 Å². The maximum atomic E-state index is 13.6. The lowest BCUT2D eigenvalue weighted by Crippen LogP contribution is -2.16. The molecule has 0 aromatic heterocycles. The van der Waals surface area contributed by atoms with Crippen LogP contribution >= 0.6 is 11.6 Å². The summed E-state index contributed by atoms with van der Waals surface area (Å²) in [6.07, 6.45) is -0.0593. The minimum Gasteiger partial charge on any atom is -0.496 e. The molecule has 1 amide bonds. The fourth-order valence-electron chi connectivity index (χ4n) is 2.10. The number of carbonyl (C=O) groups excluding carboxylic acids is 2. The van der Waals surface area contributed by atoms with Crippen molar-refractivity contribution in [3.63, 3.8) is 0 Å². The molecular weight excluding hydrogens is 321 g/mol. The predicted molar refractivity (Wildman–Crippen MR) is 86.7 cm³/mol. The van der Waals surface area contributed by atoms with E-state index in [2.05, 4.69) is 5.32 Å². The molecule has 23 heavy (non-hydrogen) atoms. The lowest BCUT2D eigenvalue weighted by molar-refractivity contribution is -0.115. The molecule has 0 fully saturated rings. The lowest BCUT2D eigenvalue weighted by atomic mass is 10.0. The molecule has 0 spiro atoms. The molecule has 0 aliphatic carbocycles. The number of nitrogens with one attached hydrogen (secondary N) is 1. The summed E-state index contributed by atoms with van der Waals surface area (Å²) < 4.78 is 18.8. The lowest BCUT2D eigenvalue weighted by Gasteiger charge is -2.11. The van der Waals surface area contributed by atoms with Gasteiger partial charge in [-0.3, -0.25) is 9.59 Å². The summed E-state index contributed by atoms with van der Waals surface area (Å²) in [6.45, 7) is 1.44. The average molecular weight is 336 g/mol. The molecule has 2 rings (SSSR count). The number of Topliss-reactive ketones (excluding diaryl/α,β-unsaturated/α-hetero) is 1. The van der Waals surface area contributed by atoms with Gasteiger partial charge < -0.3 is 10.1 Å². The SMILES string of the molecule is COc1ccc(C(C)=O)cc1CC(=O)Nc1cc(Cl)ccc1F. The van der Waals surface area contributed by atoms with Crippen LogP contribution in [0.1, 0.15) is 22.8 Å². The molecular formula is C17H15ClFNO3. The number of anilines is 1. The Morgan fingerprint density at radius 1 is 1.22 bits per heavy atom. The van der Waals surface area contributed by atoms with Crippen LogP contribution in [0.25, 0.3) is 0 Å². The number of methoxy groups -OCH3 is 1. The normalized spacial score (nSPS) is 10.3. The summed E-state index contributed by atoms with van der Waals surface area (Å²) in [4.78, 5) is 23.6. The van der Waals surface area contributed by atoms with E-state index in [1.54, 1.807) is 18.2 Å². The second-order valence-electron chi connectivity index (χ2n) is 4.93. The predicted octanol–water partition coefficient (Wildman–Crippen LogP) is 3.87. The van der Waals surface area contributed by atoms with Gasteiger partial charge in [-0.25, -0.2) is 4.39 Å². The largest absolute Gasteiger partial charge is 0.496 e. The van der Waals surface area contributed by atoms with Crippen molar-refractivity contribution in [2.75, 3.05) is 12.4 Å². The van der Waals surface area contributed by atoms with Crippen molar-refractivity contribution in [1.82, 2.24) is 0 Å². The van der Waals surface area contributed by atoms with Crippen molar-refractivity contribution < 1.29 is 18.7 Å². The molecule has 0 unspecified atom stereocenters. The van der Waals surface area contributed by atoms with Gasteiger partial charge in [-0.15, -0.1) is 0 Å². The van der Waals surface area contributed by atoms with Gasteiger partial charge in [-0.2, -0.15) is 0 Å². The Hall–Kier alpha value is -2.40. The molecule has 0 radical (unpaired) electrons. The molecule has 0 bridgehead atoms. The molecule has 120 valence electrons. The first-order valence-corrected chi connectivity index (χ1v) is 7.21. The van der Waals surface area contributed by atoms with E-state index in [0.29, 0.717) is 21.9 Å². The maximum Gasteiger partial charge on any atom is 0.229 e. The van der Waals surface area contributed by atoms with E-state index in [1.165, 1.54) is 32.2 Å². The number of halogens is 2. The van der Waals surface area contributed by atoms with Crippen LogP contribution in [0.15, 0.2) is 36.4 Å². The van der Waals surface area contributed by atoms with Crippen LogP contribution in [0.4, 0.5) is 10.1 Å². The van der Waals surface area contributed by atoms with Gasteiger partial charge in [-0.05, 0) is 43.3 Å². The van der Waals surface area contributed by atoms with Crippen molar-refractivity contribution in [2.45, 2.75) is 13.3 Å². The number of carbonyl (C=O) groups is 2. The highest BCUT2D eigenvalue weighted by Gasteiger charge is 2.13. The Kier molecular flexibility index (Phi) is 5.34. The molecule has 0 aliphatic rings. The number of hydrogen-bond acceptors (Lipinski definition) is 3. The number of rotatable bonds is 5. The third kappa shape index (κ3) is 4.29. The second-order valence-corrected chi connectivity index (χ2v) is 5.37. The first-order chi connectivity index (χ1) is 10.9. The molecule has 0 saturated heterocycles. The highest BCUT2D eigenvalue weighted by molar-refractivity contribution is 6.30. The summed E-state index contributed by atoms with van der Waals surface area (Å²) in [5.74, 6) is -0.649. The van der Waals surface area contributed by atoms with Crippen molar-refractivity contribution in [1.29, 1.82) is 0 Å². The average Bonchev–Trinajstić information content (AvgIpc) is 2.50. The van der Waals surface area contributed by atoms with Crippen LogP contribution in [-0.4, -0.2) is 18.8 Å². The fraction of sp³-hybridized carbons (Fsp3) is 0.176. The summed E-state index contributed by atoms with van der Waals surface area (Å²) in [5.41, 5.74) is 1.02. The van der Waals surface area contributed by atoms with Crippen LogP contribution in [0, 0.1) is 5.82 Å². The molecule has 6 heteroatoms. The number of ketones is 1. The van der Waals surface area contributed by atoms with Gasteiger partial charge in [0, 0.05) is 16.1 Å². The minimum atomic E-state index is -0.577. The molecule has 0 aliphatic heterocycles. The van der Waals surface area contributed by atoms with E-state index in [-0.39, 0.29) is 17.9 Å². The summed E-state index contributed by atoms with van der Waals surface area (Å²) in [7, 11) is 1.47. The summed E-state index contributed by atoms with van der Waals surface area (Å²) in [5, 5.41) is 2.78. The van der Waals surface area contributed by atoms with Crippen LogP contribution in [-0.2, 0) is 11.2 Å². The molecule has 4 nitrogen and oxygen atoms in total. The quantitative estimate of drug-likeness (QED) is 0.844. The van der Waals surface area contributed by atoms with Gasteiger partial charge in [0.15, 0.2) is 5.78 Å². The fourth-order valence-corrected chi connectivity index (χ4v) is 2.27. The Balaban J connectivity index is 2.21. The molecule has 0 heterocycles.